The lowest BCUT2D eigenvalue weighted by atomic mass is 9.87. The Morgan fingerprint density at radius 1 is 1.17 bits per heavy atom. The number of alkyl halides is 2. The second-order valence-electron chi connectivity index (χ2n) is 9.16. The maximum Gasteiger partial charge on any atom is 0.329 e. The molecule has 0 saturated heterocycles. The molecule has 1 aromatic carbocycles. The minimum Gasteiger partial charge on any atom is -0.492 e. The van der Waals surface area contributed by atoms with E-state index in [4.69, 9.17) is 14.6 Å². The number of unbranched alkanes of at least 4 members (excludes halogenated alkanes) is 2. The van der Waals surface area contributed by atoms with Gasteiger partial charge in [0, 0.05) is 12.6 Å². The highest BCUT2D eigenvalue weighted by Gasteiger charge is 2.40. The van der Waals surface area contributed by atoms with Gasteiger partial charge in [-0.05, 0) is 73.4 Å². The molecule has 1 aliphatic heterocycles. The number of fused-ring (bicyclic) bond motifs is 2. The zero-order valence-electron chi connectivity index (χ0n) is 20.0. The van der Waals surface area contributed by atoms with E-state index in [0.29, 0.717) is 19.0 Å². The van der Waals surface area contributed by atoms with Gasteiger partial charge < -0.3 is 14.6 Å². The number of ether oxygens (including phenoxy) is 2. The van der Waals surface area contributed by atoms with Gasteiger partial charge in [-0.2, -0.15) is 0 Å². The van der Waals surface area contributed by atoms with E-state index >= 15 is 0 Å². The van der Waals surface area contributed by atoms with Gasteiger partial charge in [0.15, 0.2) is 0 Å². The molecule has 2 heterocycles. The zero-order chi connectivity index (χ0) is 24.8. The Hall–Kier alpha value is -2.84. The molecule has 2 aliphatic rings. The number of benzene rings is 1. The smallest absolute Gasteiger partial charge is 0.329 e. The number of nitrogens with zero attached hydrogens (tertiary/aromatic N) is 2. The van der Waals surface area contributed by atoms with Crippen molar-refractivity contribution >= 4 is 11.5 Å². The summed E-state index contributed by atoms with van der Waals surface area (Å²) in [5.41, 5.74) is 5.71. The van der Waals surface area contributed by atoms with Crippen LogP contribution in [-0.2, 0) is 16.0 Å². The van der Waals surface area contributed by atoms with Crippen molar-refractivity contribution in [2.45, 2.75) is 57.5 Å². The lowest BCUT2D eigenvalue weighted by Gasteiger charge is -2.41. The molecule has 35 heavy (non-hydrogen) atoms. The number of hydrogen-bond donors (Lipinski definition) is 1. The van der Waals surface area contributed by atoms with Gasteiger partial charge in [-0.25, -0.2) is 13.6 Å². The van der Waals surface area contributed by atoms with Gasteiger partial charge in [0.25, 0.3) is 6.43 Å². The third kappa shape index (κ3) is 6.24. The first-order valence-electron chi connectivity index (χ1n) is 12.2. The lowest BCUT2D eigenvalue weighted by molar-refractivity contribution is -0.142. The molecule has 1 aliphatic carbocycles. The Labute approximate surface area is 204 Å². The van der Waals surface area contributed by atoms with Crippen molar-refractivity contribution in [2.24, 2.45) is 0 Å². The van der Waals surface area contributed by atoms with E-state index in [1.165, 1.54) is 22.3 Å². The van der Waals surface area contributed by atoms with Crippen molar-refractivity contribution in [1.82, 2.24) is 9.88 Å². The number of aromatic nitrogens is 1. The molecular formula is C27H32F2N2O4. The van der Waals surface area contributed by atoms with E-state index in [-0.39, 0.29) is 25.2 Å². The lowest BCUT2D eigenvalue weighted by Crippen LogP contribution is -2.43. The van der Waals surface area contributed by atoms with Crippen LogP contribution in [0.2, 0.25) is 0 Å². The number of pyridine rings is 1. The molecule has 0 unspecified atom stereocenters. The molecule has 1 aromatic heterocycles. The average Bonchev–Trinajstić information content (AvgIpc) is 3.19. The van der Waals surface area contributed by atoms with Crippen molar-refractivity contribution < 1.29 is 28.2 Å². The molecule has 0 radical (unpaired) electrons. The van der Waals surface area contributed by atoms with Crippen LogP contribution < -0.4 is 4.74 Å². The monoisotopic (exact) mass is 486 g/mol. The topological polar surface area (TPSA) is 71.9 Å². The predicted molar refractivity (Wildman–Crippen MR) is 129 cm³/mol. The van der Waals surface area contributed by atoms with Crippen molar-refractivity contribution in [3.05, 3.63) is 65.0 Å². The first-order chi connectivity index (χ1) is 16.9. The summed E-state index contributed by atoms with van der Waals surface area (Å²) >= 11 is 0. The maximum atomic E-state index is 13.5. The molecular weight excluding hydrogens is 454 g/mol. The Kier molecular flexibility index (Phi) is 8.46. The number of rotatable bonds is 12. The van der Waals surface area contributed by atoms with Crippen LogP contribution >= 0.6 is 0 Å². The van der Waals surface area contributed by atoms with Crippen molar-refractivity contribution in [1.29, 1.82) is 0 Å². The van der Waals surface area contributed by atoms with E-state index in [0.717, 1.165) is 37.8 Å². The molecule has 1 N–H and O–H groups in total. The standard InChI is InChI=1S/C27H32F2N2O4/c1-18-13-22-21-8-4-3-7-19(21)14-23(22)27(31(18)16-25(28)29)24-10-9-20(15-30-24)35-12-6-2-5-11-34-17-26(32)33/h3-4,7-10,15,18,25,27H,2,5-6,11-14,16-17H2,1H3,(H,32,33)/t18-,27+/m1/s1. The summed E-state index contributed by atoms with van der Waals surface area (Å²) in [5.74, 6) is -0.321. The minimum absolute atomic E-state index is 0.0175. The quantitative estimate of drug-likeness (QED) is 0.419. The van der Waals surface area contributed by atoms with Crippen LogP contribution in [0.15, 0.2) is 48.2 Å². The fourth-order valence-corrected chi connectivity index (χ4v) is 5.09. The maximum absolute atomic E-state index is 13.5. The van der Waals surface area contributed by atoms with Gasteiger partial charge >= 0.3 is 5.97 Å². The van der Waals surface area contributed by atoms with Crippen LogP contribution in [0.25, 0.3) is 5.57 Å². The molecule has 0 saturated carbocycles. The highest BCUT2D eigenvalue weighted by Crippen LogP contribution is 2.48. The Morgan fingerprint density at radius 3 is 2.71 bits per heavy atom. The number of carbonyl (C=O) groups is 1. The second kappa shape index (κ2) is 11.7. The van der Waals surface area contributed by atoms with Gasteiger partial charge in [0.1, 0.15) is 12.4 Å². The summed E-state index contributed by atoms with van der Waals surface area (Å²) in [6, 6.07) is 11.8. The second-order valence-corrected chi connectivity index (χ2v) is 9.16. The number of carboxylic acid groups (broad SMARTS) is 1. The van der Waals surface area contributed by atoms with Gasteiger partial charge in [0.05, 0.1) is 31.1 Å². The average molecular weight is 487 g/mol. The molecule has 6 nitrogen and oxygen atoms in total. The predicted octanol–water partition coefficient (Wildman–Crippen LogP) is 5.14. The molecule has 0 bridgehead atoms. The summed E-state index contributed by atoms with van der Waals surface area (Å²) in [6.45, 7) is 2.40. The van der Waals surface area contributed by atoms with E-state index in [9.17, 15) is 13.6 Å². The molecule has 2 aromatic rings. The van der Waals surface area contributed by atoms with Gasteiger partial charge in [0.2, 0.25) is 0 Å². The summed E-state index contributed by atoms with van der Waals surface area (Å²) < 4.78 is 37.9. The first-order valence-corrected chi connectivity index (χ1v) is 12.2. The highest BCUT2D eigenvalue weighted by molar-refractivity contribution is 5.78. The fraction of sp³-hybridized carbons (Fsp3) is 0.481. The fourth-order valence-electron chi connectivity index (χ4n) is 5.09. The Bertz CT molecular complexity index is 1040. The normalized spacial score (nSPS) is 19.7. The Balaban J connectivity index is 1.40. The number of aliphatic carboxylic acids is 1. The number of halogens is 2. The number of carboxylic acids is 1. The molecule has 2 atom stereocenters. The van der Waals surface area contributed by atoms with Crippen molar-refractivity contribution in [3.63, 3.8) is 0 Å². The third-order valence-electron chi connectivity index (χ3n) is 6.65. The molecule has 0 spiro atoms. The molecule has 0 amide bonds. The van der Waals surface area contributed by atoms with Crippen LogP contribution in [0.1, 0.15) is 55.5 Å². The number of hydrogen-bond acceptors (Lipinski definition) is 5. The molecule has 188 valence electrons. The summed E-state index contributed by atoms with van der Waals surface area (Å²) in [7, 11) is 0. The van der Waals surface area contributed by atoms with Crippen LogP contribution in [-0.4, -0.2) is 59.8 Å². The van der Waals surface area contributed by atoms with Crippen LogP contribution in [0, 0.1) is 0 Å². The third-order valence-corrected chi connectivity index (χ3v) is 6.65. The van der Waals surface area contributed by atoms with E-state index in [2.05, 4.69) is 17.1 Å². The molecule has 4 rings (SSSR count). The van der Waals surface area contributed by atoms with Gasteiger partial charge in [-0.15, -0.1) is 0 Å². The van der Waals surface area contributed by atoms with E-state index in [1.54, 1.807) is 6.20 Å². The van der Waals surface area contributed by atoms with Crippen molar-refractivity contribution in [2.75, 3.05) is 26.4 Å². The summed E-state index contributed by atoms with van der Waals surface area (Å²) in [6.07, 6.45) is 3.24. The highest BCUT2D eigenvalue weighted by atomic mass is 19.3. The van der Waals surface area contributed by atoms with Crippen molar-refractivity contribution in [3.8, 4) is 5.75 Å². The minimum atomic E-state index is -2.41. The van der Waals surface area contributed by atoms with Crippen LogP contribution in [0.5, 0.6) is 5.75 Å². The van der Waals surface area contributed by atoms with Gasteiger partial charge in [-0.1, -0.05) is 24.3 Å². The summed E-state index contributed by atoms with van der Waals surface area (Å²) in [4.78, 5) is 17.0. The van der Waals surface area contributed by atoms with Crippen LogP contribution in [0.3, 0.4) is 0 Å². The van der Waals surface area contributed by atoms with E-state index in [1.807, 2.05) is 36.1 Å². The SMILES string of the molecule is C[C@@H]1CC2=C(Cc3ccccc32)[C@@H](c2ccc(OCCCCCOCC(=O)O)cn2)N1CC(F)F. The first kappa shape index (κ1) is 25.3. The van der Waals surface area contributed by atoms with E-state index < -0.39 is 12.4 Å². The molecule has 0 fully saturated rings. The zero-order valence-corrected chi connectivity index (χ0v) is 20.0. The Morgan fingerprint density at radius 2 is 1.97 bits per heavy atom. The van der Waals surface area contributed by atoms with Crippen LogP contribution in [0.4, 0.5) is 8.78 Å². The summed E-state index contributed by atoms with van der Waals surface area (Å²) in [5, 5.41) is 8.55. The molecule has 8 heteroatoms. The van der Waals surface area contributed by atoms with Gasteiger partial charge in [-0.3, -0.25) is 9.88 Å². The largest absolute Gasteiger partial charge is 0.492 e.